The van der Waals surface area contributed by atoms with E-state index >= 15 is 0 Å². The van der Waals surface area contributed by atoms with Crippen molar-refractivity contribution in [2.24, 2.45) is 0 Å². The number of thioether (sulfide) groups is 1. The van der Waals surface area contributed by atoms with Gasteiger partial charge in [0, 0.05) is 11.4 Å². The number of nitriles is 1. The third-order valence-electron chi connectivity index (χ3n) is 2.99. The molecular weight excluding hydrogens is 216 g/mol. The van der Waals surface area contributed by atoms with Gasteiger partial charge in [-0.3, -0.25) is 0 Å². The summed E-state index contributed by atoms with van der Waals surface area (Å²) in [6, 6.07) is 4.06. The molecule has 84 valence electrons. The van der Waals surface area contributed by atoms with E-state index in [1.807, 2.05) is 24.8 Å². The highest BCUT2D eigenvalue weighted by atomic mass is 32.2. The Morgan fingerprint density at radius 1 is 1.38 bits per heavy atom. The van der Waals surface area contributed by atoms with E-state index in [4.69, 9.17) is 5.26 Å². The molecule has 0 radical (unpaired) electrons. The molecule has 0 saturated heterocycles. The van der Waals surface area contributed by atoms with Gasteiger partial charge in [0.1, 0.15) is 6.07 Å². The first-order valence-corrected chi connectivity index (χ1v) is 6.71. The van der Waals surface area contributed by atoms with Gasteiger partial charge in [0.25, 0.3) is 0 Å². The summed E-state index contributed by atoms with van der Waals surface area (Å²) in [4.78, 5) is 4.38. The summed E-state index contributed by atoms with van der Waals surface area (Å²) in [6.07, 6.45) is 8.40. The van der Waals surface area contributed by atoms with Crippen LogP contribution in [0.1, 0.15) is 43.2 Å². The van der Waals surface area contributed by atoms with Crippen LogP contribution in [0.2, 0.25) is 0 Å². The van der Waals surface area contributed by atoms with Crippen LogP contribution in [0, 0.1) is 18.3 Å². The molecule has 0 atom stereocenters. The number of nitrogens with zero attached hydrogens (tertiary/aromatic N) is 2. The van der Waals surface area contributed by atoms with Crippen LogP contribution in [0.5, 0.6) is 0 Å². The molecule has 0 amide bonds. The first-order chi connectivity index (χ1) is 7.79. The van der Waals surface area contributed by atoms with E-state index in [9.17, 15) is 0 Å². The van der Waals surface area contributed by atoms with Gasteiger partial charge in [-0.25, -0.2) is 4.98 Å². The fourth-order valence-electron chi connectivity index (χ4n) is 2.09. The zero-order chi connectivity index (χ0) is 11.4. The summed E-state index contributed by atoms with van der Waals surface area (Å²) in [5.41, 5.74) is 1.79. The van der Waals surface area contributed by atoms with Gasteiger partial charge in [0.2, 0.25) is 0 Å². The highest BCUT2D eigenvalue weighted by Crippen LogP contribution is 2.33. The highest BCUT2D eigenvalue weighted by molar-refractivity contribution is 7.99. The Labute approximate surface area is 101 Å². The fourth-order valence-corrected chi connectivity index (χ4v) is 3.33. The van der Waals surface area contributed by atoms with Crippen molar-refractivity contribution >= 4 is 11.8 Å². The molecule has 1 aromatic rings. The summed E-state index contributed by atoms with van der Waals surface area (Å²) in [5, 5.41) is 10.6. The molecule has 1 saturated carbocycles. The highest BCUT2D eigenvalue weighted by Gasteiger charge is 2.16. The van der Waals surface area contributed by atoms with Gasteiger partial charge < -0.3 is 0 Å². The van der Waals surface area contributed by atoms with E-state index in [0.29, 0.717) is 5.56 Å². The molecule has 1 fully saturated rings. The van der Waals surface area contributed by atoms with Gasteiger partial charge in [0.15, 0.2) is 0 Å². The normalized spacial score (nSPS) is 17.0. The van der Waals surface area contributed by atoms with Crippen LogP contribution in [0.4, 0.5) is 0 Å². The second-order valence-corrected chi connectivity index (χ2v) is 5.62. The quantitative estimate of drug-likeness (QED) is 0.780. The second-order valence-electron chi connectivity index (χ2n) is 4.34. The lowest BCUT2D eigenvalue weighted by molar-refractivity contribution is 0.515. The van der Waals surface area contributed by atoms with Crippen molar-refractivity contribution < 1.29 is 0 Å². The minimum atomic E-state index is 0.658. The van der Waals surface area contributed by atoms with Crippen molar-refractivity contribution in [3.05, 3.63) is 23.4 Å². The van der Waals surface area contributed by atoms with Crippen LogP contribution < -0.4 is 0 Å². The standard InChI is InChI=1S/C13H16N2S/c1-10-7-11(8-14)9-15-13(10)16-12-5-3-2-4-6-12/h7,9,12H,2-6H2,1H3. The molecule has 1 aromatic heterocycles. The minimum absolute atomic E-state index is 0.658. The molecule has 16 heavy (non-hydrogen) atoms. The van der Waals surface area contributed by atoms with E-state index in [0.717, 1.165) is 15.8 Å². The Kier molecular flexibility index (Phi) is 3.84. The third kappa shape index (κ3) is 2.76. The fraction of sp³-hybridized carbons (Fsp3) is 0.538. The van der Waals surface area contributed by atoms with Gasteiger partial charge in [-0.15, -0.1) is 11.8 Å². The summed E-state index contributed by atoms with van der Waals surface area (Å²) < 4.78 is 0. The van der Waals surface area contributed by atoms with Crippen molar-refractivity contribution in [1.29, 1.82) is 5.26 Å². The number of aromatic nitrogens is 1. The van der Waals surface area contributed by atoms with Crippen molar-refractivity contribution in [2.45, 2.75) is 49.3 Å². The molecule has 1 aliphatic carbocycles. The molecule has 0 N–H and O–H groups in total. The molecule has 0 bridgehead atoms. The largest absolute Gasteiger partial charge is 0.248 e. The molecule has 0 spiro atoms. The van der Waals surface area contributed by atoms with Gasteiger partial charge in [-0.05, 0) is 31.4 Å². The predicted molar refractivity (Wildman–Crippen MR) is 66.4 cm³/mol. The van der Waals surface area contributed by atoms with E-state index in [1.54, 1.807) is 6.20 Å². The molecule has 1 heterocycles. The average molecular weight is 232 g/mol. The lowest BCUT2D eigenvalue weighted by atomic mass is 10.0. The molecule has 0 aromatic carbocycles. The lowest BCUT2D eigenvalue weighted by Gasteiger charge is -2.21. The maximum atomic E-state index is 8.78. The van der Waals surface area contributed by atoms with Crippen LogP contribution in [0.25, 0.3) is 0 Å². The molecule has 3 heteroatoms. The Morgan fingerprint density at radius 3 is 2.75 bits per heavy atom. The Morgan fingerprint density at radius 2 is 2.12 bits per heavy atom. The van der Waals surface area contributed by atoms with Crippen molar-refractivity contribution in [3.8, 4) is 6.07 Å². The molecule has 0 aliphatic heterocycles. The number of hydrogen-bond donors (Lipinski definition) is 0. The summed E-state index contributed by atoms with van der Waals surface area (Å²) in [7, 11) is 0. The first kappa shape index (κ1) is 11.5. The summed E-state index contributed by atoms with van der Waals surface area (Å²) >= 11 is 1.89. The van der Waals surface area contributed by atoms with Gasteiger partial charge in [-0.2, -0.15) is 5.26 Å². The van der Waals surface area contributed by atoms with E-state index in [1.165, 1.54) is 32.1 Å². The van der Waals surface area contributed by atoms with Crippen LogP contribution in [0.15, 0.2) is 17.3 Å². The van der Waals surface area contributed by atoms with Crippen molar-refractivity contribution in [2.75, 3.05) is 0 Å². The number of pyridine rings is 1. The van der Waals surface area contributed by atoms with Crippen LogP contribution in [0.3, 0.4) is 0 Å². The average Bonchev–Trinajstić information content (AvgIpc) is 2.33. The molecule has 0 unspecified atom stereocenters. The third-order valence-corrected chi connectivity index (χ3v) is 4.45. The van der Waals surface area contributed by atoms with Crippen molar-refractivity contribution in [3.63, 3.8) is 0 Å². The second kappa shape index (κ2) is 5.36. The van der Waals surface area contributed by atoms with Crippen LogP contribution >= 0.6 is 11.8 Å². The number of hydrogen-bond acceptors (Lipinski definition) is 3. The lowest BCUT2D eigenvalue weighted by Crippen LogP contribution is -2.08. The number of aryl methyl sites for hydroxylation is 1. The van der Waals surface area contributed by atoms with Gasteiger partial charge >= 0.3 is 0 Å². The Balaban J connectivity index is 2.06. The maximum absolute atomic E-state index is 8.78. The van der Waals surface area contributed by atoms with Crippen LogP contribution in [-0.4, -0.2) is 10.2 Å². The maximum Gasteiger partial charge on any atom is 0.101 e. The number of rotatable bonds is 2. The molecule has 2 nitrogen and oxygen atoms in total. The van der Waals surface area contributed by atoms with Gasteiger partial charge in [-0.1, -0.05) is 19.3 Å². The van der Waals surface area contributed by atoms with Gasteiger partial charge in [0.05, 0.1) is 10.6 Å². The van der Waals surface area contributed by atoms with E-state index in [-0.39, 0.29) is 0 Å². The topological polar surface area (TPSA) is 36.7 Å². The molecule has 1 aliphatic rings. The van der Waals surface area contributed by atoms with E-state index in [2.05, 4.69) is 11.1 Å². The molecule has 2 rings (SSSR count). The van der Waals surface area contributed by atoms with Crippen molar-refractivity contribution in [1.82, 2.24) is 4.98 Å². The zero-order valence-corrected chi connectivity index (χ0v) is 10.4. The Hall–Kier alpha value is -1.01. The first-order valence-electron chi connectivity index (χ1n) is 5.83. The van der Waals surface area contributed by atoms with Crippen LogP contribution in [-0.2, 0) is 0 Å². The van der Waals surface area contributed by atoms with E-state index < -0.39 is 0 Å². The summed E-state index contributed by atoms with van der Waals surface area (Å²) in [5.74, 6) is 0. The summed E-state index contributed by atoms with van der Waals surface area (Å²) in [6.45, 7) is 2.04. The monoisotopic (exact) mass is 232 g/mol. The SMILES string of the molecule is Cc1cc(C#N)cnc1SC1CCCCC1. The predicted octanol–water partition coefficient (Wildman–Crippen LogP) is 3.69. The zero-order valence-electron chi connectivity index (χ0n) is 9.57. The minimum Gasteiger partial charge on any atom is -0.248 e. The molecular formula is C13H16N2S. The Bertz CT molecular complexity index is 403. The smallest absolute Gasteiger partial charge is 0.101 e.